The van der Waals surface area contributed by atoms with E-state index < -0.39 is 53.3 Å². The van der Waals surface area contributed by atoms with E-state index in [0.717, 1.165) is 36.8 Å². The number of carbonyl (C=O) groups is 5. The predicted molar refractivity (Wildman–Crippen MR) is 148 cm³/mol. The van der Waals surface area contributed by atoms with Gasteiger partial charge in [-0.2, -0.15) is 0 Å². The van der Waals surface area contributed by atoms with Crippen LogP contribution in [0.5, 0.6) is 11.5 Å². The lowest BCUT2D eigenvalue weighted by Crippen LogP contribution is -2.50. The molecule has 3 aliphatic rings. The molecule has 0 aromatic heterocycles. The quantitative estimate of drug-likeness (QED) is 0.231. The van der Waals surface area contributed by atoms with Gasteiger partial charge in [-0.05, 0) is 48.1 Å². The van der Waals surface area contributed by atoms with E-state index in [-0.39, 0.29) is 19.1 Å². The van der Waals surface area contributed by atoms with Crippen molar-refractivity contribution in [2.24, 2.45) is 17.8 Å². The van der Waals surface area contributed by atoms with Gasteiger partial charge in [0.1, 0.15) is 5.92 Å². The summed E-state index contributed by atoms with van der Waals surface area (Å²) in [6, 6.07) is 12.9. The zero-order valence-corrected chi connectivity index (χ0v) is 22.8. The summed E-state index contributed by atoms with van der Waals surface area (Å²) < 4.78 is 10.7. The lowest BCUT2D eigenvalue weighted by molar-refractivity contribution is -0.137. The Hall–Kier alpha value is -4.47. The average molecular weight is 560 g/mol. The third-order valence-electron chi connectivity index (χ3n) is 7.97. The number of ether oxygens (including phenoxy) is 2. The highest BCUT2D eigenvalue weighted by atomic mass is 16.7. The first kappa shape index (κ1) is 28.1. The Morgan fingerprint density at radius 2 is 1.71 bits per heavy atom. The maximum Gasteiger partial charge on any atom is 0.244 e. The Morgan fingerprint density at radius 3 is 2.41 bits per heavy atom. The number of hydrogen-bond donors (Lipinski definition) is 3. The lowest BCUT2D eigenvalue weighted by Gasteiger charge is -2.27. The molecular formula is C31H33N3O7. The van der Waals surface area contributed by atoms with Crippen molar-refractivity contribution < 1.29 is 33.4 Å². The highest BCUT2D eigenvalue weighted by molar-refractivity contribution is 6.16. The Morgan fingerprint density at radius 1 is 0.976 bits per heavy atom. The topological polar surface area (TPSA) is 140 Å². The Kier molecular flexibility index (Phi) is 8.47. The van der Waals surface area contributed by atoms with Crippen molar-refractivity contribution in [3.05, 3.63) is 65.7 Å². The third-order valence-corrected chi connectivity index (χ3v) is 7.97. The molecule has 2 aliphatic heterocycles. The second-order valence-electron chi connectivity index (χ2n) is 10.7. The van der Waals surface area contributed by atoms with Gasteiger partial charge in [0, 0.05) is 6.08 Å². The largest absolute Gasteiger partial charge is 0.454 e. The van der Waals surface area contributed by atoms with Crippen molar-refractivity contribution >= 4 is 35.5 Å². The number of ketones is 1. The van der Waals surface area contributed by atoms with Crippen molar-refractivity contribution in [3.63, 3.8) is 0 Å². The minimum atomic E-state index is -1.13. The normalized spacial score (nSPS) is 21.5. The van der Waals surface area contributed by atoms with Crippen LogP contribution in [0.1, 0.15) is 56.2 Å². The van der Waals surface area contributed by atoms with Crippen LogP contribution in [0.2, 0.25) is 0 Å². The van der Waals surface area contributed by atoms with Gasteiger partial charge in [0.2, 0.25) is 30.4 Å². The average Bonchev–Trinajstić information content (AvgIpc) is 3.71. The number of fused-ring (bicyclic) bond motifs is 1. The second-order valence-corrected chi connectivity index (χ2v) is 10.7. The van der Waals surface area contributed by atoms with E-state index in [1.165, 1.54) is 6.08 Å². The minimum absolute atomic E-state index is 0.114. The fraction of sp³-hybridized carbons (Fsp3) is 0.387. The van der Waals surface area contributed by atoms with Crippen molar-refractivity contribution in [2.45, 2.75) is 51.1 Å². The van der Waals surface area contributed by atoms with E-state index in [2.05, 4.69) is 16.0 Å². The first-order chi connectivity index (χ1) is 19.8. The fourth-order valence-corrected chi connectivity index (χ4v) is 5.74. The zero-order valence-electron chi connectivity index (χ0n) is 22.8. The van der Waals surface area contributed by atoms with Crippen LogP contribution in [0.4, 0.5) is 0 Å². The van der Waals surface area contributed by atoms with Crippen molar-refractivity contribution in [3.8, 4) is 11.5 Å². The van der Waals surface area contributed by atoms with Crippen LogP contribution in [-0.4, -0.2) is 42.2 Å². The van der Waals surface area contributed by atoms with E-state index in [4.69, 9.17) is 9.47 Å². The highest BCUT2D eigenvalue weighted by Crippen LogP contribution is 2.33. The molecule has 0 unspecified atom stereocenters. The minimum Gasteiger partial charge on any atom is -0.454 e. The monoisotopic (exact) mass is 559 g/mol. The van der Waals surface area contributed by atoms with Gasteiger partial charge in [-0.15, -0.1) is 0 Å². The number of amides is 4. The van der Waals surface area contributed by atoms with Crippen LogP contribution in [0.3, 0.4) is 0 Å². The van der Waals surface area contributed by atoms with Gasteiger partial charge in [0.25, 0.3) is 0 Å². The molecule has 2 fully saturated rings. The number of nitrogens with one attached hydrogen (secondary N) is 3. The molecule has 10 heteroatoms. The van der Waals surface area contributed by atoms with Gasteiger partial charge < -0.3 is 20.1 Å². The van der Waals surface area contributed by atoms with Gasteiger partial charge in [-0.3, -0.25) is 29.3 Å². The van der Waals surface area contributed by atoms with E-state index >= 15 is 0 Å². The molecule has 1 saturated heterocycles. The van der Waals surface area contributed by atoms with Crippen molar-refractivity contribution in [2.75, 3.05) is 6.79 Å². The van der Waals surface area contributed by atoms with Crippen LogP contribution in [-0.2, 0) is 24.0 Å². The van der Waals surface area contributed by atoms with Crippen molar-refractivity contribution in [1.82, 2.24) is 16.0 Å². The highest BCUT2D eigenvalue weighted by Gasteiger charge is 2.47. The Balaban J connectivity index is 1.29. The second kappa shape index (κ2) is 12.4. The maximum absolute atomic E-state index is 13.5. The molecular weight excluding hydrogens is 526 g/mol. The van der Waals surface area contributed by atoms with Crippen LogP contribution < -0.4 is 25.4 Å². The first-order valence-electron chi connectivity index (χ1n) is 13.9. The summed E-state index contributed by atoms with van der Waals surface area (Å²) in [5.41, 5.74) is 1.48. The molecule has 10 nitrogen and oxygen atoms in total. The van der Waals surface area contributed by atoms with Gasteiger partial charge in [-0.25, -0.2) is 0 Å². The number of imide groups is 1. The smallest absolute Gasteiger partial charge is 0.244 e. The number of hydrogen-bond acceptors (Lipinski definition) is 7. The van der Waals surface area contributed by atoms with Gasteiger partial charge in [0.15, 0.2) is 17.3 Å². The standard InChI is InChI=1S/C31H33N3O7/c1-18-27(31(39)34-30(18)38)29(37)28(21-9-5-6-10-21)33-26(36)16-22(20-7-3-2-4-8-20)32-25(35)14-12-19-11-13-23-24(15-19)41-17-40-23/h2-4,7-8,11-15,18,21-22,27-28H,5-6,9-10,16-17H2,1H3,(H,32,35)(H,33,36)(H,34,38,39)/b14-12+/t18-,22-,27+,28-/m0/s1. The van der Waals surface area contributed by atoms with E-state index in [1.807, 2.05) is 30.3 Å². The van der Waals surface area contributed by atoms with E-state index in [1.54, 1.807) is 31.2 Å². The van der Waals surface area contributed by atoms with Crippen LogP contribution in [0.25, 0.3) is 6.08 Å². The molecule has 4 amide bonds. The molecule has 3 N–H and O–H groups in total. The number of Topliss-reactive ketones (excluding diaryl/α,β-unsaturated/α-hetero) is 1. The lowest BCUT2D eigenvalue weighted by atomic mass is 9.83. The van der Waals surface area contributed by atoms with Crippen LogP contribution >= 0.6 is 0 Å². The zero-order chi connectivity index (χ0) is 28.9. The summed E-state index contributed by atoms with van der Waals surface area (Å²) in [5, 5.41) is 8.00. The molecule has 5 rings (SSSR count). The van der Waals surface area contributed by atoms with E-state index in [0.29, 0.717) is 11.5 Å². The molecule has 4 atom stereocenters. The van der Waals surface area contributed by atoms with Crippen LogP contribution in [0.15, 0.2) is 54.6 Å². The molecule has 2 aromatic rings. The molecule has 0 spiro atoms. The van der Waals surface area contributed by atoms with Gasteiger partial charge in [0.05, 0.1) is 24.4 Å². The summed E-state index contributed by atoms with van der Waals surface area (Å²) in [6.45, 7) is 1.70. The molecule has 0 bridgehead atoms. The summed E-state index contributed by atoms with van der Waals surface area (Å²) in [7, 11) is 0. The maximum atomic E-state index is 13.5. The molecule has 41 heavy (non-hydrogen) atoms. The predicted octanol–water partition coefficient (Wildman–Crippen LogP) is 2.83. The Labute approximate surface area is 237 Å². The van der Waals surface area contributed by atoms with E-state index in [9.17, 15) is 24.0 Å². The third kappa shape index (κ3) is 6.48. The molecule has 0 radical (unpaired) electrons. The number of carbonyl (C=O) groups excluding carboxylic acids is 5. The fourth-order valence-electron chi connectivity index (χ4n) is 5.74. The molecule has 2 heterocycles. The number of benzene rings is 2. The Bertz CT molecular complexity index is 1370. The van der Waals surface area contributed by atoms with Crippen molar-refractivity contribution in [1.29, 1.82) is 0 Å². The summed E-state index contributed by atoms with van der Waals surface area (Å²) in [6.07, 6.45) is 6.25. The summed E-state index contributed by atoms with van der Waals surface area (Å²) in [4.78, 5) is 64.3. The SMILES string of the molecule is C[C@@H]1C(=O)NC(=O)[C@H]1C(=O)[C@@H](NC(=O)C[C@H](NC(=O)/C=C/c1ccc2c(c1)OCO2)c1ccccc1)C1CCCC1. The van der Waals surface area contributed by atoms with Gasteiger partial charge in [-0.1, -0.05) is 56.2 Å². The molecule has 214 valence electrons. The summed E-state index contributed by atoms with van der Waals surface area (Å²) in [5.74, 6) is -3.15. The molecule has 2 aromatic carbocycles. The summed E-state index contributed by atoms with van der Waals surface area (Å²) >= 11 is 0. The molecule has 1 saturated carbocycles. The first-order valence-corrected chi connectivity index (χ1v) is 13.9. The van der Waals surface area contributed by atoms with Gasteiger partial charge >= 0.3 is 0 Å². The molecule has 1 aliphatic carbocycles. The van der Waals surface area contributed by atoms with Crippen LogP contribution in [0, 0.1) is 17.8 Å². The number of rotatable bonds is 10.